The van der Waals surface area contributed by atoms with Crippen molar-refractivity contribution in [3.63, 3.8) is 0 Å². The van der Waals surface area contributed by atoms with Gasteiger partial charge in [0.25, 0.3) is 0 Å². The molecule has 164 valence electrons. The Balaban J connectivity index is 1.60. The minimum absolute atomic E-state index is 0.00562. The predicted molar refractivity (Wildman–Crippen MR) is 118 cm³/mol. The summed E-state index contributed by atoms with van der Waals surface area (Å²) in [6, 6.07) is 20.5. The molecule has 1 aliphatic rings. The topological polar surface area (TPSA) is 78.9 Å². The molecule has 6 nitrogen and oxygen atoms in total. The minimum Gasteiger partial charge on any atom is -0.489 e. The van der Waals surface area contributed by atoms with E-state index in [1.165, 1.54) is 12.1 Å². The number of carboxylic acids is 1. The number of halogens is 1. The second-order valence-corrected chi connectivity index (χ2v) is 7.63. The van der Waals surface area contributed by atoms with Gasteiger partial charge in [0.15, 0.2) is 0 Å². The smallest absolute Gasteiger partial charge is 0.321 e. The number of anilines is 1. The maximum Gasteiger partial charge on any atom is 0.321 e. The number of para-hydroxylation sites is 2. The van der Waals surface area contributed by atoms with Crippen molar-refractivity contribution in [3.8, 4) is 5.75 Å². The zero-order chi connectivity index (χ0) is 22.5. The van der Waals surface area contributed by atoms with E-state index in [2.05, 4.69) is 5.32 Å². The van der Waals surface area contributed by atoms with Crippen LogP contribution in [0.4, 0.5) is 10.1 Å². The van der Waals surface area contributed by atoms with Crippen LogP contribution in [0.5, 0.6) is 5.75 Å². The number of fused-ring (bicyclic) bond motifs is 1. The molecule has 1 heterocycles. The Hall–Kier alpha value is -3.71. The molecular formula is C25H23FN2O4. The Labute approximate surface area is 185 Å². The minimum atomic E-state index is -1.05. The summed E-state index contributed by atoms with van der Waals surface area (Å²) in [7, 11) is 0. The molecule has 0 aliphatic carbocycles. The largest absolute Gasteiger partial charge is 0.489 e. The number of ether oxygens (including phenoxy) is 1. The molecule has 7 heteroatoms. The molecule has 2 N–H and O–H groups in total. The lowest BCUT2D eigenvalue weighted by Gasteiger charge is -2.26. The highest BCUT2D eigenvalue weighted by Crippen LogP contribution is 2.32. The molecule has 3 aromatic rings. The van der Waals surface area contributed by atoms with Gasteiger partial charge in [0.05, 0.1) is 12.2 Å². The maximum absolute atomic E-state index is 13.5. The van der Waals surface area contributed by atoms with Crippen LogP contribution in [-0.4, -0.2) is 35.7 Å². The monoisotopic (exact) mass is 434 g/mol. The molecule has 0 unspecified atom stereocenters. The second kappa shape index (κ2) is 9.62. The van der Waals surface area contributed by atoms with Gasteiger partial charge in [-0.15, -0.1) is 0 Å². The van der Waals surface area contributed by atoms with Crippen LogP contribution in [0, 0.1) is 5.82 Å². The highest BCUT2D eigenvalue weighted by Gasteiger charge is 2.34. The summed E-state index contributed by atoms with van der Waals surface area (Å²) in [5, 5.41) is 12.7. The predicted octanol–water partition coefficient (Wildman–Crippen LogP) is 3.41. The van der Waals surface area contributed by atoms with Crippen molar-refractivity contribution < 1.29 is 23.8 Å². The molecular weight excluding hydrogens is 411 g/mol. The van der Waals surface area contributed by atoms with E-state index in [-0.39, 0.29) is 31.3 Å². The van der Waals surface area contributed by atoms with E-state index >= 15 is 0 Å². The van der Waals surface area contributed by atoms with Crippen LogP contribution in [0.3, 0.4) is 0 Å². The summed E-state index contributed by atoms with van der Waals surface area (Å²) in [5.41, 5.74) is 2.18. The first-order chi connectivity index (χ1) is 15.5. The molecule has 0 fully saturated rings. The molecule has 0 bridgehead atoms. The number of carboxylic acid groups (broad SMARTS) is 1. The normalized spacial score (nSPS) is 16.6. The lowest BCUT2D eigenvalue weighted by Crippen LogP contribution is -2.54. The average molecular weight is 434 g/mol. The Morgan fingerprint density at radius 1 is 1.03 bits per heavy atom. The summed E-state index contributed by atoms with van der Waals surface area (Å²) >= 11 is 0. The van der Waals surface area contributed by atoms with Crippen molar-refractivity contribution in [2.24, 2.45) is 0 Å². The van der Waals surface area contributed by atoms with E-state index in [1.54, 1.807) is 35.2 Å². The van der Waals surface area contributed by atoms with Crippen molar-refractivity contribution in [1.29, 1.82) is 0 Å². The Bertz CT molecular complexity index is 1090. The number of benzene rings is 3. The first kappa shape index (κ1) is 21.5. The number of carbonyl (C=O) groups excluding carboxylic acids is 1. The lowest BCUT2D eigenvalue weighted by atomic mass is 10.0. The third kappa shape index (κ3) is 4.95. The SMILES string of the molecule is O=C(O)[C@H](Cc1ccccc1)N[C@H]1COc2ccccc2N(Cc2ccc(F)cc2)C1=O. The van der Waals surface area contributed by atoms with Gasteiger partial charge >= 0.3 is 5.97 Å². The summed E-state index contributed by atoms with van der Waals surface area (Å²) < 4.78 is 19.2. The molecule has 1 aliphatic heterocycles. The standard InChI is InChI=1S/C25H23FN2O4/c26-19-12-10-18(11-13-19)15-28-22-8-4-5-9-23(22)32-16-21(24(28)29)27-20(25(30)31)14-17-6-2-1-3-7-17/h1-13,20-21,27H,14-16H2,(H,30,31)/t20-,21-/m0/s1. The fraction of sp³-hybridized carbons (Fsp3) is 0.200. The molecule has 32 heavy (non-hydrogen) atoms. The van der Waals surface area contributed by atoms with E-state index in [9.17, 15) is 19.1 Å². The Morgan fingerprint density at radius 3 is 2.44 bits per heavy atom. The lowest BCUT2D eigenvalue weighted by molar-refractivity contribution is -0.140. The highest BCUT2D eigenvalue weighted by atomic mass is 19.1. The zero-order valence-corrected chi connectivity index (χ0v) is 17.3. The van der Waals surface area contributed by atoms with E-state index in [0.29, 0.717) is 11.4 Å². The van der Waals surface area contributed by atoms with Crippen LogP contribution >= 0.6 is 0 Å². The first-order valence-electron chi connectivity index (χ1n) is 10.3. The number of amides is 1. The van der Waals surface area contributed by atoms with Gasteiger partial charge in [-0.1, -0.05) is 54.6 Å². The van der Waals surface area contributed by atoms with Gasteiger partial charge in [-0.3, -0.25) is 14.9 Å². The summed E-state index contributed by atoms with van der Waals surface area (Å²) in [5.74, 6) is -1.18. The molecule has 3 aromatic carbocycles. The number of carbonyl (C=O) groups is 2. The summed E-state index contributed by atoms with van der Waals surface area (Å²) in [6.07, 6.45) is 0.227. The average Bonchev–Trinajstić information content (AvgIpc) is 2.93. The van der Waals surface area contributed by atoms with E-state index in [4.69, 9.17) is 4.74 Å². The second-order valence-electron chi connectivity index (χ2n) is 7.63. The van der Waals surface area contributed by atoms with Crippen molar-refractivity contribution in [2.45, 2.75) is 25.0 Å². The number of hydrogen-bond acceptors (Lipinski definition) is 4. The quantitative estimate of drug-likeness (QED) is 0.596. The molecule has 0 saturated carbocycles. The Morgan fingerprint density at radius 2 is 1.72 bits per heavy atom. The molecule has 4 rings (SSSR count). The number of hydrogen-bond donors (Lipinski definition) is 2. The van der Waals surface area contributed by atoms with Crippen molar-refractivity contribution in [2.75, 3.05) is 11.5 Å². The third-order valence-electron chi connectivity index (χ3n) is 5.36. The molecule has 2 atom stereocenters. The van der Waals surface area contributed by atoms with Gasteiger partial charge in [0.1, 0.15) is 30.3 Å². The maximum atomic E-state index is 13.5. The molecule has 0 radical (unpaired) electrons. The molecule has 1 amide bonds. The van der Waals surface area contributed by atoms with Crippen LogP contribution in [0.2, 0.25) is 0 Å². The summed E-state index contributed by atoms with van der Waals surface area (Å²) in [6.45, 7) is 0.197. The molecule has 0 saturated heterocycles. The van der Waals surface area contributed by atoms with Crippen molar-refractivity contribution >= 4 is 17.6 Å². The number of nitrogens with zero attached hydrogens (tertiary/aromatic N) is 1. The molecule has 0 spiro atoms. The number of aliphatic carboxylic acids is 1. The fourth-order valence-corrected chi connectivity index (χ4v) is 3.72. The fourth-order valence-electron chi connectivity index (χ4n) is 3.72. The first-order valence-corrected chi connectivity index (χ1v) is 10.3. The zero-order valence-electron chi connectivity index (χ0n) is 17.3. The van der Waals surface area contributed by atoms with Gasteiger partial charge in [0.2, 0.25) is 5.91 Å². The van der Waals surface area contributed by atoms with Crippen molar-refractivity contribution in [3.05, 3.63) is 95.8 Å². The van der Waals surface area contributed by atoms with Gasteiger partial charge in [-0.2, -0.15) is 0 Å². The van der Waals surface area contributed by atoms with Gasteiger partial charge in [-0.05, 0) is 41.8 Å². The van der Waals surface area contributed by atoms with Crippen LogP contribution in [0.25, 0.3) is 0 Å². The van der Waals surface area contributed by atoms with Gasteiger partial charge < -0.3 is 14.7 Å². The van der Waals surface area contributed by atoms with Crippen LogP contribution < -0.4 is 15.0 Å². The Kier molecular flexibility index (Phi) is 6.47. The number of nitrogens with one attached hydrogen (secondary N) is 1. The van der Waals surface area contributed by atoms with Crippen LogP contribution in [-0.2, 0) is 22.6 Å². The van der Waals surface area contributed by atoms with E-state index in [0.717, 1.165) is 11.1 Å². The summed E-state index contributed by atoms with van der Waals surface area (Å²) in [4.78, 5) is 27.0. The van der Waals surface area contributed by atoms with Crippen LogP contribution in [0.15, 0.2) is 78.9 Å². The van der Waals surface area contributed by atoms with Gasteiger partial charge in [-0.25, -0.2) is 4.39 Å². The third-order valence-corrected chi connectivity index (χ3v) is 5.36. The van der Waals surface area contributed by atoms with E-state index < -0.39 is 18.1 Å². The van der Waals surface area contributed by atoms with E-state index in [1.807, 2.05) is 36.4 Å². The highest BCUT2D eigenvalue weighted by molar-refractivity contribution is 5.99. The molecule has 0 aromatic heterocycles. The van der Waals surface area contributed by atoms with Crippen LogP contribution in [0.1, 0.15) is 11.1 Å². The number of rotatable bonds is 7. The van der Waals surface area contributed by atoms with Crippen molar-refractivity contribution in [1.82, 2.24) is 5.32 Å². The van der Waals surface area contributed by atoms with Gasteiger partial charge in [0, 0.05) is 0 Å².